The summed E-state index contributed by atoms with van der Waals surface area (Å²) < 4.78 is 9.93. The molecule has 0 bridgehead atoms. The van der Waals surface area contributed by atoms with E-state index in [9.17, 15) is 24.5 Å². The molecule has 0 aromatic heterocycles. The van der Waals surface area contributed by atoms with Gasteiger partial charge in [-0.05, 0) is 25.1 Å². The Bertz CT molecular complexity index is 739. The second kappa shape index (κ2) is 7.36. The van der Waals surface area contributed by atoms with Gasteiger partial charge < -0.3 is 9.47 Å². The van der Waals surface area contributed by atoms with Gasteiger partial charge in [0.15, 0.2) is 6.61 Å². The summed E-state index contributed by atoms with van der Waals surface area (Å²) in [5.74, 6) is -1.43. The molecule has 1 aromatic rings. The molecule has 0 radical (unpaired) electrons. The van der Waals surface area contributed by atoms with Crippen LogP contribution in [0.15, 0.2) is 23.8 Å². The lowest BCUT2D eigenvalue weighted by atomic mass is 10.1. The maximum Gasteiger partial charge on any atom is 0.344 e. The minimum atomic E-state index is -0.615. The van der Waals surface area contributed by atoms with Crippen LogP contribution in [0.3, 0.4) is 0 Å². The Morgan fingerprint density at radius 3 is 2.75 bits per heavy atom. The number of nitro benzene ring substituents is 1. The molecule has 9 nitrogen and oxygen atoms in total. The van der Waals surface area contributed by atoms with Gasteiger partial charge in [-0.25, -0.2) is 4.79 Å². The zero-order chi connectivity index (χ0) is 17.7. The number of nitro groups is 1. The average molecular weight is 334 g/mol. The number of nitrogens with one attached hydrogen (secondary N) is 1. The molecule has 126 valence electrons. The summed E-state index contributed by atoms with van der Waals surface area (Å²) in [4.78, 5) is 44.5. The van der Waals surface area contributed by atoms with Gasteiger partial charge in [0.2, 0.25) is 5.91 Å². The number of hydrogen-bond acceptors (Lipinski definition) is 7. The molecule has 1 heterocycles. The van der Waals surface area contributed by atoms with Crippen molar-refractivity contribution in [3.8, 4) is 5.75 Å². The van der Waals surface area contributed by atoms with E-state index in [0.29, 0.717) is 0 Å². The fourth-order valence-corrected chi connectivity index (χ4v) is 2.06. The van der Waals surface area contributed by atoms with Gasteiger partial charge in [0, 0.05) is 11.6 Å². The second-order valence-corrected chi connectivity index (χ2v) is 4.80. The van der Waals surface area contributed by atoms with Gasteiger partial charge >= 0.3 is 5.97 Å². The van der Waals surface area contributed by atoms with Crippen molar-refractivity contribution in [2.45, 2.75) is 13.3 Å². The first-order chi connectivity index (χ1) is 11.4. The van der Waals surface area contributed by atoms with Crippen molar-refractivity contribution in [1.82, 2.24) is 5.32 Å². The molecular formula is C15H14N2O7. The van der Waals surface area contributed by atoms with Gasteiger partial charge in [-0.1, -0.05) is 0 Å². The lowest BCUT2D eigenvalue weighted by Crippen LogP contribution is -2.19. The van der Waals surface area contributed by atoms with Crippen LogP contribution in [0.5, 0.6) is 5.75 Å². The van der Waals surface area contributed by atoms with Crippen molar-refractivity contribution >= 4 is 29.5 Å². The summed E-state index contributed by atoms with van der Waals surface area (Å²) >= 11 is 0. The number of carbonyl (C=O) groups excluding carboxylic acids is 3. The summed E-state index contributed by atoms with van der Waals surface area (Å²) in [6.45, 7) is 1.52. The molecule has 24 heavy (non-hydrogen) atoms. The van der Waals surface area contributed by atoms with Crippen molar-refractivity contribution in [2.75, 3.05) is 13.2 Å². The molecule has 1 aliphatic rings. The SMILES string of the molecule is CCOC(=O)COc1ccc([N+](=O)[O-])c(/C=C2\CC(=O)NC2=O)c1. The van der Waals surface area contributed by atoms with Crippen LogP contribution in [0.25, 0.3) is 6.08 Å². The first-order valence-electron chi connectivity index (χ1n) is 7.02. The summed E-state index contributed by atoms with van der Waals surface area (Å²) in [5.41, 5.74) is -0.0371. The van der Waals surface area contributed by atoms with Crippen molar-refractivity contribution in [2.24, 2.45) is 0 Å². The molecule has 1 N–H and O–H groups in total. The maximum absolute atomic E-state index is 11.6. The van der Waals surface area contributed by atoms with Crippen LogP contribution in [0.2, 0.25) is 0 Å². The van der Waals surface area contributed by atoms with Gasteiger partial charge in [-0.15, -0.1) is 0 Å². The van der Waals surface area contributed by atoms with Gasteiger partial charge in [0.05, 0.1) is 23.5 Å². The van der Waals surface area contributed by atoms with Crippen LogP contribution in [0, 0.1) is 10.1 Å². The normalized spacial score (nSPS) is 15.3. The van der Waals surface area contributed by atoms with E-state index in [1.54, 1.807) is 6.92 Å². The highest BCUT2D eigenvalue weighted by Gasteiger charge is 2.25. The van der Waals surface area contributed by atoms with Gasteiger partial charge in [0.1, 0.15) is 5.75 Å². The lowest BCUT2D eigenvalue weighted by molar-refractivity contribution is -0.385. The van der Waals surface area contributed by atoms with E-state index in [1.165, 1.54) is 24.3 Å². The molecule has 0 unspecified atom stereocenters. The van der Waals surface area contributed by atoms with Crippen molar-refractivity contribution in [1.29, 1.82) is 0 Å². The number of carbonyl (C=O) groups is 3. The number of amides is 2. The number of rotatable bonds is 6. The number of esters is 1. The van der Waals surface area contributed by atoms with E-state index in [-0.39, 0.29) is 42.2 Å². The Morgan fingerprint density at radius 1 is 1.42 bits per heavy atom. The monoisotopic (exact) mass is 334 g/mol. The number of ether oxygens (including phenoxy) is 2. The first-order valence-corrected chi connectivity index (χ1v) is 7.02. The van der Waals surface area contributed by atoms with E-state index < -0.39 is 22.7 Å². The minimum Gasteiger partial charge on any atom is -0.482 e. The van der Waals surface area contributed by atoms with E-state index in [0.717, 1.165) is 0 Å². The Kier molecular flexibility index (Phi) is 5.25. The highest BCUT2D eigenvalue weighted by molar-refractivity contribution is 6.15. The Hall–Kier alpha value is -3.23. The molecule has 2 amide bonds. The molecule has 0 atom stereocenters. The van der Waals surface area contributed by atoms with Crippen LogP contribution in [0.4, 0.5) is 5.69 Å². The van der Waals surface area contributed by atoms with E-state index in [4.69, 9.17) is 9.47 Å². The summed E-state index contributed by atoms with van der Waals surface area (Å²) in [5, 5.41) is 13.2. The molecule has 1 aliphatic heterocycles. The standard InChI is InChI=1S/C15H14N2O7/c1-2-23-14(19)8-24-11-3-4-12(17(21)22)9(6-11)5-10-7-13(18)16-15(10)20/h3-6H,2,7-8H2,1H3,(H,16,18,20)/b10-5+. The van der Waals surface area contributed by atoms with Gasteiger partial charge in [-0.2, -0.15) is 0 Å². The molecule has 2 rings (SSSR count). The third-order valence-electron chi connectivity index (χ3n) is 3.08. The molecule has 1 saturated heterocycles. The zero-order valence-corrected chi connectivity index (χ0v) is 12.7. The lowest BCUT2D eigenvalue weighted by Gasteiger charge is -2.07. The Morgan fingerprint density at radius 2 is 2.17 bits per heavy atom. The molecule has 0 spiro atoms. The first kappa shape index (κ1) is 17.1. The molecule has 9 heteroatoms. The number of hydrogen-bond donors (Lipinski definition) is 1. The summed E-state index contributed by atoms with van der Waals surface area (Å²) in [7, 11) is 0. The molecular weight excluding hydrogens is 320 g/mol. The highest BCUT2D eigenvalue weighted by atomic mass is 16.6. The van der Waals surface area contributed by atoms with Gasteiger partial charge in [0.25, 0.3) is 11.6 Å². The predicted octanol–water partition coefficient (Wildman–Crippen LogP) is 0.967. The van der Waals surface area contributed by atoms with Crippen LogP contribution < -0.4 is 10.1 Å². The van der Waals surface area contributed by atoms with Crippen molar-refractivity contribution < 1.29 is 28.8 Å². The zero-order valence-electron chi connectivity index (χ0n) is 12.7. The molecule has 0 saturated carbocycles. The van der Waals surface area contributed by atoms with Crippen LogP contribution in [-0.2, 0) is 19.1 Å². The van der Waals surface area contributed by atoms with Crippen molar-refractivity contribution in [3.05, 3.63) is 39.4 Å². The van der Waals surface area contributed by atoms with Crippen molar-refractivity contribution in [3.63, 3.8) is 0 Å². The van der Waals surface area contributed by atoms with E-state index >= 15 is 0 Å². The maximum atomic E-state index is 11.6. The average Bonchev–Trinajstić information content (AvgIpc) is 2.83. The summed E-state index contributed by atoms with van der Waals surface area (Å²) in [6, 6.07) is 3.85. The Balaban J connectivity index is 2.27. The number of imide groups is 1. The molecule has 0 aliphatic carbocycles. The predicted molar refractivity (Wildman–Crippen MR) is 81.0 cm³/mol. The minimum absolute atomic E-state index is 0.0983. The third kappa shape index (κ3) is 4.15. The fourth-order valence-electron chi connectivity index (χ4n) is 2.06. The van der Waals surface area contributed by atoms with Gasteiger partial charge in [-0.3, -0.25) is 25.0 Å². The molecule has 1 aromatic carbocycles. The number of benzene rings is 1. The topological polar surface area (TPSA) is 125 Å². The molecule has 1 fully saturated rings. The van der Waals surface area contributed by atoms with E-state index in [2.05, 4.69) is 5.32 Å². The number of nitrogens with zero attached hydrogens (tertiary/aromatic N) is 1. The summed E-state index contributed by atoms with van der Waals surface area (Å²) in [6.07, 6.45) is 1.11. The van der Waals surface area contributed by atoms with Crippen LogP contribution in [0.1, 0.15) is 18.9 Å². The fraction of sp³-hybridized carbons (Fsp3) is 0.267. The highest BCUT2D eigenvalue weighted by Crippen LogP contribution is 2.27. The third-order valence-corrected chi connectivity index (χ3v) is 3.08. The smallest absolute Gasteiger partial charge is 0.344 e. The Labute approximate surface area is 136 Å². The van der Waals surface area contributed by atoms with Crippen LogP contribution in [-0.4, -0.2) is 35.9 Å². The quantitative estimate of drug-likeness (QED) is 0.270. The van der Waals surface area contributed by atoms with E-state index in [1.807, 2.05) is 0 Å². The second-order valence-electron chi connectivity index (χ2n) is 4.80. The largest absolute Gasteiger partial charge is 0.482 e. The van der Waals surface area contributed by atoms with Crippen LogP contribution >= 0.6 is 0 Å².